The summed E-state index contributed by atoms with van der Waals surface area (Å²) in [6.07, 6.45) is 5.38. The molecule has 0 aliphatic heterocycles. The van der Waals surface area contributed by atoms with E-state index in [1.165, 1.54) is 30.9 Å². The summed E-state index contributed by atoms with van der Waals surface area (Å²) in [6, 6.07) is 7.67. The zero-order valence-corrected chi connectivity index (χ0v) is 16.8. The van der Waals surface area contributed by atoms with E-state index in [4.69, 9.17) is 9.15 Å². The Morgan fingerprint density at radius 3 is 2.70 bits per heavy atom. The molecule has 2 aromatic carbocycles. The number of hydrogen-bond donors (Lipinski definition) is 1. The highest BCUT2D eigenvalue weighted by Crippen LogP contribution is 2.32. The Bertz CT molecular complexity index is 1070. The number of benzene rings is 2. The first-order valence-corrected chi connectivity index (χ1v) is 9.93. The van der Waals surface area contributed by atoms with Crippen LogP contribution >= 0.6 is 0 Å². The SMILES string of the molecule is Cc1c(F)cc([C@@H](C)NC(=O)c2coc(Oc3cccc4c3CCCC4)n2)cc1F. The van der Waals surface area contributed by atoms with Gasteiger partial charge in [0, 0.05) is 5.56 Å². The summed E-state index contributed by atoms with van der Waals surface area (Å²) in [7, 11) is 0. The van der Waals surface area contributed by atoms with Crippen LogP contribution in [0.4, 0.5) is 8.78 Å². The molecule has 1 N–H and O–H groups in total. The normalized spacial score (nSPS) is 14.1. The predicted molar refractivity (Wildman–Crippen MR) is 107 cm³/mol. The number of fused-ring (bicyclic) bond motifs is 1. The minimum atomic E-state index is -0.658. The Kier molecular flexibility index (Phi) is 5.53. The molecule has 1 atom stereocenters. The van der Waals surface area contributed by atoms with Gasteiger partial charge in [0.25, 0.3) is 5.91 Å². The number of aromatic nitrogens is 1. The van der Waals surface area contributed by atoms with E-state index in [0.29, 0.717) is 11.3 Å². The topological polar surface area (TPSA) is 64.4 Å². The zero-order valence-electron chi connectivity index (χ0n) is 16.8. The number of oxazole rings is 1. The molecule has 0 unspecified atom stereocenters. The maximum atomic E-state index is 13.8. The van der Waals surface area contributed by atoms with Crippen molar-refractivity contribution in [2.75, 3.05) is 0 Å². The number of hydrogen-bond acceptors (Lipinski definition) is 4. The standard InChI is InChI=1S/C23H22F2N2O3/c1-13-18(24)10-16(11-19(13)25)14(2)26-22(28)20-12-29-23(27-20)30-21-9-5-7-15-6-3-4-8-17(15)21/h5,7,9-12,14H,3-4,6,8H2,1-2H3,(H,26,28)/t14-/m1/s1. The summed E-state index contributed by atoms with van der Waals surface area (Å²) in [4.78, 5) is 16.6. The van der Waals surface area contributed by atoms with E-state index in [2.05, 4.69) is 16.4 Å². The van der Waals surface area contributed by atoms with Gasteiger partial charge in [0.2, 0.25) is 0 Å². The summed E-state index contributed by atoms with van der Waals surface area (Å²) in [5, 5.41) is 2.66. The highest BCUT2D eigenvalue weighted by atomic mass is 19.1. The van der Waals surface area contributed by atoms with Crippen LogP contribution in [0.15, 0.2) is 41.0 Å². The lowest BCUT2D eigenvalue weighted by atomic mass is 9.91. The average Bonchev–Trinajstić information content (AvgIpc) is 3.20. The van der Waals surface area contributed by atoms with Gasteiger partial charge < -0.3 is 14.5 Å². The Labute approximate surface area is 173 Å². The number of aryl methyl sites for hydroxylation is 1. The van der Waals surface area contributed by atoms with Crippen molar-refractivity contribution in [1.29, 1.82) is 0 Å². The first-order chi connectivity index (χ1) is 14.4. The van der Waals surface area contributed by atoms with E-state index in [1.807, 2.05) is 12.1 Å². The second-order valence-electron chi connectivity index (χ2n) is 7.51. The number of ether oxygens (including phenoxy) is 1. The lowest BCUT2D eigenvalue weighted by Gasteiger charge is -2.18. The van der Waals surface area contributed by atoms with Crippen LogP contribution in [-0.2, 0) is 12.8 Å². The lowest BCUT2D eigenvalue weighted by Crippen LogP contribution is -2.27. The van der Waals surface area contributed by atoms with Gasteiger partial charge in [0.05, 0.1) is 6.04 Å². The van der Waals surface area contributed by atoms with Gasteiger partial charge in [0.1, 0.15) is 23.6 Å². The fraction of sp³-hybridized carbons (Fsp3) is 0.304. The van der Waals surface area contributed by atoms with Crippen LogP contribution in [0.2, 0.25) is 0 Å². The van der Waals surface area contributed by atoms with Crippen molar-refractivity contribution in [3.05, 3.63) is 76.2 Å². The molecule has 30 heavy (non-hydrogen) atoms. The highest BCUT2D eigenvalue weighted by Gasteiger charge is 2.20. The number of nitrogens with zero attached hydrogens (tertiary/aromatic N) is 1. The maximum absolute atomic E-state index is 13.8. The van der Waals surface area contributed by atoms with Crippen molar-refractivity contribution in [2.45, 2.75) is 45.6 Å². The summed E-state index contributed by atoms with van der Waals surface area (Å²) in [5.74, 6) is -1.17. The smallest absolute Gasteiger partial charge is 0.399 e. The third kappa shape index (κ3) is 4.06. The molecule has 0 saturated heterocycles. The van der Waals surface area contributed by atoms with Gasteiger partial charge in [-0.25, -0.2) is 8.78 Å². The largest absolute Gasteiger partial charge is 0.416 e. The summed E-state index contributed by atoms with van der Waals surface area (Å²) in [6.45, 7) is 2.99. The summed E-state index contributed by atoms with van der Waals surface area (Å²) >= 11 is 0. The van der Waals surface area contributed by atoms with Gasteiger partial charge in [-0.15, -0.1) is 0 Å². The summed E-state index contributed by atoms with van der Waals surface area (Å²) < 4.78 is 38.7. The van der Waals surface area contributed by atoms with E-state index in [1.54, 1.807) is 6.92 Å². The molecule has 1 heterocycles. The van der Waals surface area contributed by atoms with Crippen molar-refractivity contribution in [1.82, 2.24) is 10.3 Å². The van der Waals surface area contributed by atoms with Crippen molar-refractivity contribution in [2.24, 2.45) is 0 Å². The predicted octanol–water partition coefficient (Wildman–Crippen LogP) is 5.42. The van der Waals surface area contributed by atoms with Crippen LogP contribution in [0.3, 0.4) is 0 Å². The van der Waals surface area contributed by atoms with Crippen LogP contribution in [0.5, 0.6) is 11.8 Å². The Morgan fingerprint density at radius 1 is 1.20 bits per heavy atom. The molecule has 0 spiro atoms. The molecule has 0 fully saturated rings. The molecule has 5 nitrogen and oxygen atoms in total. The third-order valence-corrected chi connectivity index (χ3v) is 5.42. The molecule has 156 valence electrons. The number of carbonyl (C=O) groups is 1. The lowest BCUT2D eigenvalue weighted by molar-refractivity contribution is 0.0934. The highest BCUT2D eigenvalue weighted by molar-refractivity contribution is 5.92. The quantitative estimate of drug-likeness (QED) is 0.607. The molecule has 4 rings (SSSR count). The Hall–Kier alpha value is -3.22. The fourth-order valence-electron chi connectivity index (χ4n) is 3.61. The van der Waals surface area contributed by atoms with Gasteiger partial charge in [0.15, 0.2) is 5.69 Å². The van der Waals surface area contributed by atoms with Crippen molar-refractivity contribution in [3.8, 4) is 11.8 Å². The van der Waals surface area contributed by atoms with E-state index in [-0.39, 0.29) is 17.3 Å². The molecule has 0 saturated carbocycles. The van der Waals surface area contributed by atoms with Crippen LogP contribution < -0.4 is 10.1 Å². The average molecular weight is 412 g/mol. The third-order valence-electron chi connectivity index (χ3n) is 5.42. The molecule has 0 bridgehead atoms. The van der Waals surface area contributed by atoms with E-state index >= 15 is 0 Å². The van der Waals surface area contributed by atoms with Crippen LogP contribution in [0.25, 0.3) is 0 Å². The number of rotatable bonds is 5. The molecule has 0 radical (unpaired) electrons. The Morgan fingerprint density at radius 2 is 1.93 bits per heavy atom. The van der Waals surface area contributed by atoms with Crippen LogP contribution in [0, 0.1) is 18.6 Å². The van der Waals surface area contributed by atoms with Crippen molar-refractivity contribution >= 4 is 5.91 Å². The molecule has 1 aliphatic rings. The molecule has 1 aromatic heterocycles. The molecule has 3 aromatic rings. The second-order valence-corrected chi connectivity index (χ2v) is 7.51. The fourth-order valence-corrected chi connectivity index (χ4v) is 3.61. The van der Waals surface area contributed by atoms with Crippen LogP contribution in [-0.4, -0.2) is 10.9 Å². The van der Waals surface area contributed by atoms with Gasteiger partial charge in [-0.2, -0.15) is 4.98 Å². The van der Waals surface area contributed by atoms with Gasteiger partial charge >= 0.3 is 6.08 Å². The maximum Gasteiger partial charge on any atom is 0.399 e. The zero-order chi connectivity index (χ0) is 21.3. The molecule has 1 aliphatic carbocycles. The molecule has 7 heteroatoms. The van der Waals surface area contributed by atoms with Gasteiger partial charge in [-0.3, -0.25) is 4.79 Å². The number of amides is 1. The number of halogens is 2. The minimum absolute atomic E-state index is 0.0229. The van der Waals surface area contributed by atoms with E-state index in [9.17, 15) is 13.6 Å². The molecule has 1 amide bonds. The number of carbonyl (C=O) groups excluding carboxylic acids is 1. The van der Waals surface area contributed by atoms with Gasteiger partial charge in [-0.05, 0) is 74.4 Å². The monoisotopic (exact) mass is 412 g/mol. The molecular formula is C23H22F2N2O3. The van der Waals surface area contributed by atoms with Crippen molar-refractivity contribution < 1.29 is 22.7 Å². The molecular weight excluding hydrogens is 390 g/mol. The van der Waals surface area contributed by atoms with E-state index < -0.39 is 23.6 Å². The first-order valence-electron chi connectivity index (χ1n) is 9.93. The second kappa shape index (κ2) is 8.26. The minimum Gasteiger partial charge on any atom is -0.416 e. The van der Waals surface area contributed by atoms with E-state index in [0.717, 1.165) is 31.2 Å². The number of nitrogens with one attached hydrogen (secondary N) is 1. The van der Waals surface area contributed by atoms with Crippen LogP contribution in [0.1, 0.15) is 58.5 Å². The Balaban J connectivity index is 1.46. The van der Waals surface area contributed by atoms with Gasteiger partial charge in [-0.1, -0.05) is 12.1 Å². The van der Waals surface area contributed by atoms with Crippen molar-refractivity contribution in [3.63, 3.8) is 0 Å². The summed E-state index contributed by atoms with van der Waals surface area (Å²) in [5.41, 5.74) is 2.69. The first kappa shape index (κ1) is 20.1.